The van der Waals surface area contributed by atoms with Gasteiger partial charge < -0.3 is 25.2 Å². The molecule has 9 aliphatic carbocycles. The minimum atomic E-state index is -0.406. The highest BCUT2D eigenvalue weighted by Crippen LogP contribution is 2.74. The third kappa shape index (κ3) is 10.7. The molecule has 0 aromatic heterocycles. The molecule has 7 nitrogen and oxygen atoms in total. The summed E-state index contributed by atoms with van der Waals surface area (Å²) in [5, 5.41) is 15.7. The average Bonchev–Trinajstić information content (AvgIpc) is 4.05. The Bertz CT molecular complexity index is 1870. The summed E-state index contributed by atoms with van der Waals surface area (Å²) in [6, 6.07) is 9.93. The quantitative estimate of drug-likeness (QED) is 0.181. The monoisotopic (exact) mass is 983 g/mol. The maximum Gasteiger partial charge on any atom is 0.407 e. The summed E-state index contributed by atoms with van der Waals surface area (Å²) in [6.07, 6.45) is 33.4. The molecule has 7 heteroatoms. The molecule has 71 heavy (non-hydrogen) atoms. The predicted molar refractivity (Wildman–Crippen MR) is 291 cm³/mol. The Balaban J connectivity index is 0.000000184. The van der Waals surface area contributed by atoms with Crippen molar-refractivity contribution in [1.82, 2.24) is 10.6 Å². The third-order valence-corrected chi connectivity index (χ3v) is 24.5. The van der Waals surface area contributed by atoms with E-state index < -0.39 is 6.10 Å². The zero-order chi connectivity index (χ0) is 50.6. The standard InChI is InChI=1S/C32H49NO2.C30H51NO3.C2H6/c1-5-24-21-28-27-15-14-25(16-20-35-29(34)33-22-23-11-7-6-8-12-23)30(27,2)18-19-32(28,4)31(3)17-10-9-13-26(24)31;1-4-20-19-22-24-14-13-21(9-8-18-34-28(33)31-26-11-7-12-27(26)32)29(24,2)17-15-25(22)30(3)16-6-5-10-23(20)30;1-2/h6-8,11-12,24-28H,5,9-10,13-22H2,1-4H3,(H,33,34);20-27,32H,4-19H2,1-3H3,(H,31,33);1-2H3/t24-,25?,26?,27?,28?,30?,31?,32?;20-,21?,22?,23?,24?,25-,26?,27?,29?,30?;/m00./s1. The van der Waals surface area contributed by atoms with Gasteiger partial charge in [-0.3, -0.25) is 0 Å². The van der Waals surface area contributed by atoms with E-state index in [1.54, 1.807) is 0 Å². The smallest absolute Gasteiger partial charge is 0.407 e. The van der Waals surface area contributed by atoms with Crippen molar-refractivity contribution in [3.63, 3.8) is 0 Å². The second-order valence-electron chi connectivity index (χ2n) is 26.8. The van der Waals surface area contributed by atoms with Gasteiger partial charge in [0, 0.05) is 6.54 Å². The van der Waals surface area contributed by atoms with Crippen LogP contribution in [0, 0.1) is 92.2 Å². The maximum absolute atomic E-state index is 12.3. The maximum atomic E-state index is 12.3. The fraction of sp³-hybridized carbons (Fsp3) is 0.875. The van der Waals surface area contributed by atoms with Gasteiger partial charge in [0.1, 0.15) is 0 Å². The molecule has 0 bridgehead atoms. The molecule has 0 saturated heterocycles. The van der Waals surface area contributed by atoms with Gasteiger partial charge in [-0.25, -0.2) is 9.59 Å². The van der Waals surface area contributed by atoms with Crippen LogP contribution in [0.5, 0.6) is 0 Å². The van der Waals surface area contributed by atoms with Gasteiger partial charge in [0.2, 0.25) is 0 Å². The molecule has 3 N–H and O–H groups in total. The Morgan fingerprint density at radius 3 is 1.93 bits per heavy atom. The molecule has 1 aromatic carbocycles. The molecule has 9 fully saturated rings. The van der Waals surface area contributed by atoms with Gasteiger partial charge in [-0.2, -0.15) is 0 Å². The largest absolute Gasteiger partial charge is 0.450 e. The fourth-order valence-electron chi connectivity index (χ4n) is 20.4. The molecule has 402 valence electrons. The number of amides is 2. The first kappa shape index (κ1) is 55.0. The van der Waals surface area contributed by atoms with E-state index in [0.29, 0.717) is 52.8 Å². The number of benzene rings is 1. The van der Waals surface area contributed by atoms with E-state index in [1.165, 1.54) is 135 Å². The van der Waals surface area contributed by atoms with Gasteiger partial charge in [-0.1, -0.05) is 131 Å². The number of ether oxygens (including phenoxy) is 2. The second kappa shape index (κ2) is 23.3. The lowest BCUT2D eigenvalue weighted by Gasteiger charge is -2.68. The number of aliphatic hydroxyl groups excluding tert-OH is 1. The van der Waals surface area contributed by atoms with Crippen LogP contribution >= 0.6 is 0 Å². The summed E-state index contributed by atoms with van der Waals surface area (Å²) >= 11 is 0. The van der Waals surface area contributed by atoms with E-state index in [1.807, 2.05) is 44.2 Å². The molecule has 0 heterocycles. The molecule has 10 rings (SSSR count). The molecule has 2 amide bonds. The Kier molecular flexibility index (Phi) is 18.0. The highest BCUT2D eigenvalue weighted by molar-refractivity contribution is 5.67. The normalized spacial score (nSPS) is 44.0. The zero-order valence-corrected chi connectivity index (χ0v) is 47.0. The van der Waals surface area contributed by atoms with Crippen molar-refractivity contribution in [3.05, 3.63) is 35.9 Å². The molecule has 18 atom stereocenters. The molecule has 0 aliphatic heterocycles. The van der Waals surface area contributed by atoms with Crippen LogP contribution in [0.25, 0.3) is 0 Å². The second-order valence-corrected chi connectivity index (χ2v) is 26.8. The summed E-state index contributed by atoms with van der Waals surface area (Å²) in [7, 11) is 0. The van der Waals surface area contributed by atoms with Crippen LogP contribution in [-0.4, -0.2) is 42.7 Å². The number of nitrogens with one attached hydrogen (secondary N) is 2. The first-order valence-corrected chi connectivity index (χ1v) is 30.7. The number of rotatable bonds is 12. The minimum absolute atomic E-state index is 0.120. The number of hydrogen-bond acceptors (Lipinski definition) is 5. The van der Waals surface area contributed by atoms with Gasteiger partial charge in [-0.05, 0) is 226 Å². The lowest BCUT2D eigenvalue weighted by Crippen LogP contribution is -2.61. The number of carbonyl (C=O) groups is 2. The number of carbonyl (C=O) groups excluding carboxylic acids is 2. The lowest BCUT2D eigenvalue weighted by molar-refractivity contribution is -0.194. The molecule has 1 aromatic rings. The van der Waals surface area contributed by atoms with Crippen molar-refractivity contribution < 1.29 is 24.2 Å². The van der Waals surface area contributed by atoms with E-state index in [2.05, 4.69) is 59.1 Å². The minimum Gasteiger partial charge on any atom is -0.450 e. The predicted octanol–water partition coefficient (Wildman–Crippen LogP) is 16.5. The van der Waals surface area contributed by atoms with Crippen molar-refractivity contribution in [2.24, 2.45) is 92.2 Å². The topological polar surface area (TPSA) is 96.9 Å². The van der Waals surface area contributed by atoms with Crippen molar-refractivity contribution in [2.45, 2.75) is 248 Å². The summed E-state index contributed by atoms with van der Waals surface area (Å²) in [5.74, 6) is 9.87. The van der Waals surface area contributed by atoms with Gasteiger partial charge in [-0.15, -0.1) is 0 Å². The summed E-state index contributed by atoms with van der Waals surface area (Å²) in [5.41, 5.74) is 3.67. The van der Waals surface area contributed by atoms with Crippen LogP contribution in [0.1, 0.15) is 235 Å². The Labute approximate surface area is 434 Å². The van der Waals surface area contributed by atoms with E-state index in [9.17, 15) is 14.7 Å². The van der Waals surface area contributed by atoms with Crippen LogP contribution in [0.15, 0.2) is 30.3 Å². The van der Waals surface area contributed by atoms with E-state index in [4.69, 9.17) is 9.47 Å². The first-order valence-electron chi connectivity index (χ1n) is 30.7. The van der Waals surface area contributed by atoms with Crippen molar-refractivity contribution in [3.8, 4) is 0 Å². The number of fused-ring (bicyclic) bond motifs is 10. The SMILES string of the molecule is CC.CC[C@H]1CC2C3CCC(CCCOC(=O)NC4CCCC4O)C3(C)CC[C@@H]2C2(C)CCCCC12.CC[C@H]1CC2C3CCC(CCOC(=O)NCc4ccccc4)C3(C)CCC2(C)C2(C)CCCCC12. The molecule has 0 spiro atoms. The van der Waals surface area contributed by atoms with Crippen molar-refractivity contribution in [2.75, 3.05) is 13.2 Å². The Morgan fingerprint density at radius 2 is 1.21 bits per heavy atom. The van der Waals surface area contributed by atoms with E-state index in [0.717, 1.165) is 96.8 Å². The van der Waals surface area contributed by atoms with Crippen molar-refractivity contribution in [1.29, 1.82) is 0 Å². The molecule has 9 saturated carbocycles. The average molecular weight is 984 g/mol. The van der Waals surface area contributed by atoms with E-state index in [-0.39, 0.29) is 18.2 Å². The lowest BCUT2D eigenvalue weighted by atomic mass is 9.36. The van der Waals surface area contributed by atoms with Gasteiger partial charge in [0.25, 0.3) is 0 Å². The zero-order valence-electron chi connectivity index (χ0n) is 47.0. The molecule has 9 aliphatic rings. The van der Waals surface area contributed by atoms with Gasteiger partial charge in [0.05, 0.1) is 25.4 Å². The number of aliphatic hydroxyl groups is 1. The van der Waals surface area contributed by atoms with Crippen molar-refractivity contribution >= 4 is 12.2 Å². The number of alkyl carbamates (subject to hydrolysis) is 2. The Hall–Kier alpha value is -2.28. The molecular formula is C64H106N2O5. The highest BCUT2D eigenvalue weighted by atomic mass is 16.6. The first-order chi connectivity index (χ1) is 34.2. The van der Waals surface area contributed by atoms with Gasteiger partial charge in [0.15, 0.2) is 0 Å². The molecule has 15 unspecified atom stereocenters. The summed E-state index contributed by atoms with van der Waals surface area (Å²) in [6.45, 7) is 23.9. The van der Waals surface area contributed by atoms with Crippen LogP contribution in [0.4, 0.5) is 9.59 Å². The van der Waals surface area contributed by atoms with Crippen LogP contribution < -0.4 is 10.6 Å². The Morgan fingerprint density at radius 1 is 0.577 bits per heavy atom. The van der Waals surface area contributed by atoms with Gasteiger partial charge >= 0.3 is 12.2 Å². The molecular weight excluding hydrogens is 877 g/mol. The highest BCUT2D eigenvalue weighted by Gasteiger charge is 2.66. The molecule has 0 radical (unpaired) electrons. The third-order valence-electron chi connectivity index (χ3n) is 24.5. The van der Waals surface area contributed by atoms with Crippen LogP contribution in [0.3, 0.4) is 0 Å². The number of hydrogen-bond donors (Lipinski definition) is 3. The summed E-state index contributed by atoms with van der Waals surface area (Å²) in [4.78, 5) is 24.4. The van der Waals surface area contributed by atoms with Crippen LogP contribution in [0.2, 0.25) is 0 Å². The van der Waals surface area contributed by atoms with E-state index >= 15 is 0 Å². The summed E-state index contributed by atoms with van der Waals surface area (Å²) < 4.78 is 11.2. The fourth-order valence-corrected chi connectivity index (χ4v) is 20.4. The van der Waals surface area contributed by atoms with Crippen LogP contribution in [-0.2, 0) is 16.0 Å².